The van der Waals surface area contributed by atoms with E-state index in [-0.39, 0.29) is 5.91 Å². The van der Waals surface area contributed by atoms with Gasteiger partial charge in [0.05, 0.1) is 12.6 Å². The van der Waals surface area contributed by atoms with Crippen LogP contribution in [0.25, 0.3) is 10.9 Å². The van der Waals surface area contributed by atoms with Gasteiger partial charge in [-0.05, 0) is 30.3 Å². The molecule has 1 amide bonds. The molecule has 25 heavy (non-hydrogen) atoms. The first-order valence-electron chi connectivity index (χ1n) is 8.00. The monoisotopic (exact) mass is 338 g/mol. The summed E-state index contributed by atoms with van der Waals surface area (Å²) in [5.41, 5.74) is 2.17. The lowest BCUT2D eigenvalue weighted by atomic mass is 10.2. The zero-order valence-corrected chi connectivity index (χ0v) is 14.0. The Balaban J connectivity index is 1.63. The van der Waals surface area contributed by atoms with E-state index < -0.39 is 0 Å². The minimum absolute atomic E-state index is 0.186. The van der Waals surface area contributed by atoms with Crippen LogP contribution in [0, 0.1) is 0 Å². The molecule has 0 fully saturated rings. The Hall–Kier alpha value is -3.15. The molecule has 1 aliphatic rings. The van der Waals surface area contributed by atoms with Gasteiger partial charge in [-0.3, -0.25) is 4.79 Å². The molecule has 0 aliphatic carbocycles. The summed E-state index contributed by atoms with van der Waals surface area (Å²) >= 11 is 0. The lowest BCUT2D eigenvalue weighted by Gasteiger charge is -2.19. The fourth-order valence-corrected chi connectivity index (χ4v) is 2.97. The van der Waals surface area contributed by atoms with E-state index in [1.54, 1.807) is 25.3 Å². The summed E-state index contributed by atoms with van der Waals surface area (Å²) in [6.45, 7) is 1.05. The van der Waals surface area contributed by atoms with E-state index in [0.29, 0.717) is 36.1 Å². The normalized spacial score (nSPS) is 12.9. The highest BCUT2D eigenvalue weighted by molar-refractivity contribution is 6.06. The third kappa shape index (κ3) is 2.76. The summed E-state index contributed by atoms with van der Waals surface area (Å²) < 4.78 is 18.2. The largest absolute Gasteiger partial charge is 0.497 e. The Morgan fingerprint density at radius 2 is 1.88 bits per heavy atom. The quantitative estimate of drug-likeness (QED) is 0.796. The summed E-state index contributed by atoms with van der Waals surface area (Å²) in [4.78, 5) is 12.7. The molecular weight excluding hydrogens is 320 g/mol. The first kappa shape index (κ1) is 15.4. The summed E-state index contributed by atoms with van der Waals surface area (Å²) in [5, 5.41) is 3.89. The number of methoxy groups -OCH3 is 1. The third-order valence-electron chi connectivity index (χ3n) is 4.29. The average Bonchev–Trinajstić information content (AvgIpc) is 2.98. The van der Waals surface area contributed by atoms with Crippen LogP contribution in [-0.4, -0.2) is 30.8 Å². The molecule has 0 atom stereocenters. The zero-order valence-electron chi connectivity index (χ0n) is 14.0. The SMILES string of the molecule is COc1ccc2cc(C(=O)Nc3ccc4c(c3)OCCO4)n(C)c2c1. The molecule has 2 heterocycles. The van der Waals surface area contributed by atoms with E-state index in [2.05, 4.69) is 5.32 Å². The molecular formula is C19H18N2O4. The van der Waals surface area contributed by atoms with E-state index in [1.807, 2.05) is 35.9 Å². The Kier molecular flexibility index (Phi) is 3.72. The number of nitrogens with zero attached hydrogens (tertiary/aromatic N) is 1. The van der Waals surface area contributed by atoms with Crippen LogP contribution in [0.15, 0.2) is 42.5 Å². The van der Waals surface area contributed by atoms with Gasteiger partial charge in [-0.15, -0.1) is 0 Å². The zero-order chi connectivity index (χ0) is 17.4. The van der Waals surface area contributed by atoms with Crippen molar-refractivity contribution in [1.29, 1.82) is 0 Å². The van der Waals surface area contributed by atoms with Crippen molar-refractivity contribution in [3.63, 3.8) is 0 Å². The average molecular weight is 338 g/mol. The van der Waals surface area contributed by atoms with Gasteiger partial charge in [0.15, 0.2) is 11.5 Å². The van der Waals surface area contributed by atoms with Crippen LogP contribution < -0.4 is 19.5 Å². The van der Waals surface area contributed by atoms with E-state index in [9.17, 15) is 4.79 Å². The van der Waals surface area contributed by atoms with Gasteiger partial charge in [0, 0.05) is 30.3 Å². The van der Waals surface area contributed by atoms with Gasteiger partial charge in [-0.25, -0.2) is 0 Å². The van der Waals surface area contributed by atoms with Gasteiger partial charge < -0.3 is 24.1 Å². The molecule has 6 nitrogen and oxygen atoms in total. The fraction of sp³-hybridized carbons (Fsp3) is 0.211. The minimum atomic E-state index is -0.186. The molecule has 6 heteroatoms. The van der Waals surface area contributed by atoms with Gasteiger partial charge >= 0.3 is 0 Å². The number of benzene rings is 2. The van der Waals surface area contributed by atoms with Crippen molar-refractivity contribution in [2.24, 2.45) is 7.05 Å². The minimum Gasteiger partial charge on any atom is -0.497 e. The highest BCUT2D eigenvalue weighted by Crippen LogP contribution is 2.33. The lowest BCUT2D eigenvalue weighted by Crippen LogP contribution is -2.17. The van der Waals surface area contributed by atoms with Crippen LogP contribution in [0.4, 0.5) is 5.69 Å². The van der Waals surface area contributed by atoms with Crippen LogP contribution in [0.5, 0.6) is 17.2 Å². The van der Waals surface area contributed by atoms with Crippen LogP contribution in [-0.2, 0) is 7.05 Å². The van der Waals surface area contributed by atoms with Crippen LogP contribution in [0.2, 0.25) is 0 Å². The first-order valence-corrected chi connectivity index (χ1v) is 8.00. The fourth-order valence-electron chi connectivity index (χ4n) is 2.97. The predicted molar refractivity (Wildman–Crippen MR) is 94.9 cm³/mol. The van der Waals surface area contributed by atoms with Gasteiger partial charge in [-0.2, -0.15) is 0 Å². The molecule has 0 unspecified atom stereocenters. The number of carbonyl (C=O) groups is 1. The van der Waals surface area contributed by atoms with E-state index >= 15 is 0 Å². The van der Waals surface area contributed by atoms with Gasteiger partial charge in [0.25, 0.3) is 5.91 Å². The Morgan fingerprint density at radius 1 is 1.08 bits per heavy atom. The first-order chi connectivity index (χ1) is 12.2. The second kappa shape index (κ2) is 6.05. The molecule has 0 bridgehead atoms. The maximum atomic E-state index is 12.7. The van der Waals surface area contributed by atoms with Crippen molar-refractivity contribution in [2.45, 2.75) is 0 Å². The summed E-state index contributed by atoms with van der Waals surface area (Å²) in [6, 6.07) is 13.0. The number of hydrogen-bond donors (Lipinski definition) is 1. The molecule has 0 spiro atoms. The molecule has 1 N–H and O–H groups in total. The van der Waals surface area contributed by atoms with Crippen molar-refractivity contribution < 1.29 is 19.0 Å². The van der Waals surface area contributed by atoms with Crippen LogP contribution >= 0.6 is 0 Å². The smallest absolute Gasteiger partial charge is 0.272 e. The predicted octanol–water partition coefficient (Wildman–Crippen LogP) is 3.21. The number of ether oxygens (including phenoxy) is 3. The topological polar surface area (TPSA) is 61.7 Å². The van der Waals surface area contributed by atoms with E-state index in [1.165, 1.54) is 0 Å². The van der Waals surface area contributed by atoms with Gasteiger partial charge in [-0.1, -0.05) is 0 Å². The lowest BCUT2D eigenvalue weighted by molar-refractivity contribution is 0.101. The second-order valence-corrected chi connectivity index (χ2v) is 5.83. The van der Waals surface area contributed by atoms with Crippen molar-refractivity contribution in [3.05, 3.63) is 48.2 Å². The number of nitrogens with one attached hydrogen (secondary N) is 1. The third-order valence-corrected chi connectivity index (χ3v) is 4.29. The number of amides is 1. The van der Waals surface area contributed by atoms with Crippen molar-refractivity contribution in [1.82, 2.24) is 4.57 Å². The summed E-state index contributed by atoms with van der Waals surface area (Å²) in [5.74, 6) is 1.91. The number of fused-ring (bicyclic) bond motifs is 2. The van der Waals surface area contributed by atoms with Crippen LogP contribution in [0.3, 0.4) is 0 Å². The van der Waals surface area contributed by atoms with Crippen molar-refractivity contribution in [2.75, 3.05) is 25.6 Å². The molecule has 4 rings (SSSR count). The van der Waals surface area contributed by atoms with E-state index in [4.69, 9.17) is 14.2 Å². The van der Waals surface area contributed by atoms with Crippen molar-refractivity contribution in [3.8, 4) is 17.2 Å². The molecule has 0 radical (unpaired) electrons. The van der Waals surface area contributed by atoms with Gasteiger partial charge in [0.1, 0.15) is 24.7 Å². The Labute approximate surface area is 144 Å². The molecule has 0 saturated heterocycles. The van der Waals surface area contributed by atoms with Crippen LogP contribution in [0.1, 0.15) is 10.5 Å². The number of anilines is 1. The highest BCUT2D eigenvalue weighted by Gasteiger charge is 2.16. The molecule has 1 aromatic heterocycles. The molecule has 2 aromatic carbocycles. The Bertz CT molecular complexity index is 961. The molecule has 0 saturated carbocycles. The number of aryl methyl sites for hydroxylation is 1. The Morgan fingerprint density at radius 3 is 2.68 bits per heavy atom. The molecule has 1 aliphatic heterocycles. The number of rotatable bonds is 3. The van der Waals surface area contributed by atoms with Crippen molar-refractivity contribution >= 4 is 22.5 Å². The highest BCUT2D eigenvalue weighted by atomic mass is 16.6. The molecule has 128 valence electrons. The maximum absolute atomic E-state index is 12.7. The summed E-state index contributed by atoms with van der Waals surface area (Å²) in [7, 11) is 3.49. The number of carbonyl (C=O) groups excluding carboxylic acids is 1. The standard InChI is InChI=1S/C19H18N2O4/c1-21-15-11-14(23-2)5-3-12(15)9-16(21)19(22)20-13-4-6-17-18(10-13)25-8-7-24-17/h3-6,9-11H,7-8H2,1-2H3,(H,20,22). The number of hydrogen-bond acceptors (Lipinski definition) is 4. The van der Waals surface area contributed by atoms with Gasteiger partial charge in [0.2, 0.25) is 0 Å². The number of aromatic nitrogens is 1. The molecule has 3 aromatic rings. The summed E-state index contributed by atoms with van der Waals surface area (Å²) in [6.07, 6.45) is 0. The van der Waals surface area contributed by atoms with E-state index in [0.717, 1.165) is 16.7 Å². The second-order valence-electron chi connectivity index (χ2n) is 5.83. The maximum Gasteiger partial charge on any atom is 0.272 e.